The first-order chi connectivity index (χ1) is 25.8. The van der Waals surface area contributed by atoms with Gasteiger partial charge in [-0.15, -0.1) is 0 Å². The zero-order valence-electron chi connectivity index (χ0n) is 30.0. The zero-order valence-corrected chi connectivity index (χ0v) is 30.0. The van der Waals surface area contributed by atoms with E-state index in [1.807, 2.05) is 18.2 Å². The minimum absolute atomic E-state index is 0.0400. The Morgan fingerprint density at radius 2 is 1.62 bits per heavy atom. The van der Waals surface area contributed by atoms with Crippen LogP contribution in [0.2, 0.25) is 0 Å². The first kappa shape index (κ1) is 37.7. The number of hydrogen-bond acceptors (Lipinski definition) is 9. The number of benzene rings is 4. The first-order valence-corrected chi connectivity index (χ1v) is 18.5. The van der Waals surface area contributed by atoms with Gasteiger partial charge < -0.3 is 35.1 Å². The van der Waals surface area contributed by atoms with Gasteiger partial charge in [0.1, 0.15) is 11.5 Å². The van der Waals surface area contributed by atoms with Gasteiger partial charge in [-0.05, 0) is 98.6 Å². The molecule has 6 rings (SSSR count). The fourth-order valence-electron chi connectivity index (χ4n) is 6.96. The van der Waals surface area contributed by atoms with Gasteiger partial charge in [0.25, 0.3) is 0 Å². The van der Waals surface area contributed by atoms with E-state index in [4.69, 9.17) is 9.47 Å². The molecule has 0 saturated carbocycles. The molecule has 10 nitrogen and oxygen atoms in total. The number of carbonyl (C=O) groups is 1. The summed E-state index contributed by atoms with van der Waals surface area (Å²) in [5, 5.41) is 36.8. The molecule has 0 radical (unpaired) electrons. The van der Waals surface area contributed by atoms with Crippen molar-refractivity contribution in [2.45, 2.75) is 50.4 Å². The number of H-pyrrole nitrogens is 1. The number of hydrogen-bond donors (Lipinski definition) is 5. The van der Waals surface area contributed by atoms with Crippen LogP contribution in [0, 0.1) is 5.92 Å². The number of aromatic nitrogens is 1. The van der Waals surface area contributed by atoms with E-state index in [1.54, 1.807) is 54.6 Å². The van der Waals surface area contributed by atoms with Crippen LogP contribution in [0.5, 0.6) is 11.5 Å². The standard InChI is InChI=1S/C43H49N3O7/c47-38-19-17-36(37-18-20-40(49)45-41(37)38)39(48)28-44-23-8-3-9-26-52-35-16-10-15-34(27-35)43(51,33-13-6-2-7-14-33)42(50)53-30-32-21-24-46(25-22-32)29-31-11-4-1-5-12-31/h1-2,4-7,10-20,27,32,39,44,47-48,51H,3,8-9,21-26,28-30H2,(H,45,49)/t39-,43-/m0/s1. The Kier molecular flexibility index (Phi) is 12.9. The van der Waals surface area contributed by atoms with E-state index >= 15 is 0 Å². The molecular formula is C43H49N3O7. The molecule has 0 unspecified atom stereocenters. The summed E-state index contributed by atoms with van der Waals surface area (Å²) in [6.45, 7) is 4.51. The minimum Gasteiger partial charge on any atom is -0.506 e. The predicted molar refractivity (Wildman–Crippen MR) is 205 cm³/mol. The molecule has 1 aromatic heterocycles. The number of ether oxygens (including phenoxy) is 2. The van der Waals surface area contributed by atoms with E-state index in [-0.39, 0.29) is 23.8 Å². The van der Waals surface area contributed by atoms with Gasteiger partial charge in [-0.25, -0.2) is 4.79 Å². The molecule has 0 amide bonds. The van der Waals surface area contributed by atoms with Gasteiger partial charge in [0.2, 0.25) is 11.2 Å². The Balaban J connectivity index is 0.960. The second-order valence-corrected chi connectivity index (χ2v) is 13.8. The molecule has 2 atom stereocenters. The first-order valence-electron chi connectivity index (χ1n) is 18.5. The molecule has 0 aliphatic carbocycles. The highest BCUT2D eigenvalue weighted by Crippen LogP contribution is 2.34. The molecule has 1 fully saturated rings. The third-order valence-electron chi connectivity index (χ3n) is 10.0. The molecule has 4 aromatic carbocycles. The molecule has 0 bridgehead atoms. The summed E-state index contributed by atoms with van der Waals surface area (Å²) in [7, 11) is 0. The number of aliphatic hydroxyl groups is 2. The number of aromatic hydroxyl groups is 1. The number of aromatic amines is 1. The molecule has 53 heavy (non-hydrogen) atoms. The number of unbranched alkanes of at least 4 members (excludes halogenated alkanes) is 2. The lowest BCUT2D eigenvalue weighted by Gasteiger charge is -2.33. The van der Waals surface area contributed by atoms with E-state index in [2.05, 4.69) is 39.5 Å². The number of likely N-dealkylation sites (tertiary alicyclic amines) is 1. The van der Waals surface area contributed by atoms with Crippen molar-refractivity contribution in [2.24, 2.45) is 5.92 Å². The number of esters is 1. The maximum Gasteiger partial charge on any atom is 0.347 e. The van der Waals surface area contributed by atoms with Crippen LogP contribution in [0.15, 0.2) is 114 Å². The molecule has 0 spiro atoms. The number of phenolic OH excluding ortho intramolecular Hbond substituents is 1. The molecule has 1 aliphatic rings. The van der Waals surface area contributed by atoms with Crippen molar-refractivity contribution in [1.29, 1.82) is 0 Å². The number of fused-ring (bicyclic) bond motifs is 1. The van der Waals surface area contributed by atoms with Gasteiger partial charge in [-0.1, -0.05) is 78.9 Å². The normalized spacial score (nSPS) is 15.5. The predicted octanol–water partition coefficient (Wildman–Crippen LogP) is 5.80. The van der Waals surface area contributed by atoms with Crippen molar-refractivity contribution in [2.75, 3.05) is 39.4 Å². The van der Waals surface area contributed by atoms with Crippen LogP contribution in [-0.4, -0.2) is 70.6 Å². The number of nitrogens with one attached hydrogen (secondary N) is 2. The summed E-state index contributed by atoms with van der Waals surface area (Å²) in [6, 6.07) is 32.5. The number of rotatable bonds is 17. The fraction of sp³-hybridized carbons (Fsp3) is 0.349. The highest BCUT2D eigenvalue weighted by molar-refractivity contribution is 5.87. The number of aliphatic hydroxyl groups excluding tert-OH is 1. The van der Waals surface area contributed by atoms with Crippen LogP contribution in [0.4, 0.5) is 0 Å². The maximum absolute atomic E-state index is 13.7. The number of piperidine rings is 1. The molecule has 10 heteroatoms. The smallest absolute Gasteiger partial charge is 0.347 e. The lowest BCUT2D eigenvalue weighted by atomic mass is 9.86. The largest absolute Gasteiger partial charge is 0.506 e. The lowest BCUT2D eigenvalue weighted by molar-refractivity contribution is -0.164. The summed E-state index contributed by atoms with van der Waals surface area (Å²) >= 11 is 0. The van der Waals surface area contributed by atoms with Crippen LogP contribution < -0.4 is 15.6 Å². The topological polar surface area (TPSA) is 144 Å². The SMILES string of the molecule is O=C(OCC1CCN(Cc2ccccc2)CC1)[C@](O)(c1ccccc1)c1cccc(OCCCCCNC[C@H](O)c2ccc(O)c3[nH]c(=O)ccc23)c1. The van der Waals surface area contributed by atoms with Gasteiger partial charge in [0.15, 0.2) is 0 Å². The van der Waals surface area contributed by atoms with E-state index in [0.717, 1.165) is 51.7 Å². The minimum atomic E-state index is -1.99. The summed E-state index contributed by atoms with van der Waals surface area (Å²) in [4.78, 5) is 30.5. The number of nitrogens with zero attached hydrogens (tertiary/aromatic N) is 1. The Hall–Kier alpha value is -5.00. The van der Waals surface area contributed by atoms with Gasteiger partial charge in [-0.2, -0.15) is 0 Å². The average Bonchev–Trinajstić information content (AvgIpc) is 3.19. The van der Waals surface area contributed by atoms with E-state index in [9.17, 15) is 24.9 Å². The Morgan fingerprint density at radius 3 is 2.40 bits per heavy atom. The third-order valence-corrected chi connectivity index (χ3v) is 10.0. The Morgan fingerprint density at radius 1 is 0.887 bits per heavy atom. The number of phenols is 1. The summed E-state index contributed by atoms with van der Waals surface area (Å²) in [6.07, 6.45) is 3.58. The van der Waals surface area contributed by atoms with Gasteiger partial charge >= 0.3 is 5.97 Å². The van der Waals surface area contributed by atoms with Crippen LogP contribution in [-0.2, 0) is 21.7 Å². The quantitative estimate of drug-likeness (QED) is 0.0596. The maximum atomic E-state index is 13.7. The summed E-state index contributed by atoms with van der Waals surface area (Å²) in [5.74, 6) is 0.0492. The van der Waals surface area contributed by atoms with Gasteiger partial charge in [0.05, 0.1) is 24.8 Å². The zero-order chi connectivity index (χ0) is 37.0. The highest BCUT2D eigenvalue weighted by Gasteiger charge is 2.42. The van der Waals surface area contributed by atoms with Crippen molar-refractivity contribution in [3.05, 3.63) is 142 Å². The summed E-state index contributed by atoms with van der Waals surface area (Å²) in [5.41, 5.74) is 0.742. The fourth-order valence-corrected chi connectivity index (χ4v) is 6.96. The summed E-state index contributed by atoms with van der Waals surface area (Å²) < 4.78 is 11.9. The Labute approximate surface area is 310 Å². The number of pyridine rings is 1. The second-order valence-electron chi connectivity index (χ2n) is 13.8. The molecule has 2 heterocycles. The van der Waals surface area contributed by atoms with E-state index in [0.29, 0.717) is 53.0 Å². The van der Waals surface area contributed by atoms with Crippen molar-refractivity contribution in [3.8, 4) is 11.5 Å². The van der Waals surface area contributed by atoms with Gasteiger partial charge in [-0.3, -0.25) is 9.69 Å². The van der Waals surface area contributed by atoms with Crippen LogP contribution >= 0.6 is 0 Å². The average molecular weight is 720 g/mol. The van der Waals surface area contributed by atoms with E-state index in [1.165, 1.54) is 17.7 Å². The van der Waals surface area contributed by atoms with Crippen molar-refractivity contribution in [3.63, 3.8) is 0 Å². The van der Waals surface area contributed by atoms with Crippen molar-refractivity contribution >= 4 is 16.9 Å². The molecule has 5 N–H and O–H groups in total. The Bertz CT molecular complexity index is 1980. The van der Waals surface area contributed by atoms with E-state index < -0.39 is 17.7 Å². The molecule has 1 aliphatic heterocycles. The van der Waals surface area contributed by atoms with Crippen LogP contribution in [0.25, 0.3) is 10.9 Å². The molecule has 1 saturated heterocycles. The molecular weight excluding hydrogens is 670 g/mol. The number of carbonyl (C=O) groups excluding carboxylic acids is 1. The van der Waals surface area contributed by atoms with Crippen LogP contribution in [0.1, 0.15) is 60.5 Å². The van der Waals surface area contributed by atoms with Gasteiger partial charge in [0, 0.05) is 30.1 Å². The second kappa shape index (κ2) is 18.2. The van der Waals surface area contributed by atoms with Crippen LogP contribution in [0.3, 0.4) is 0 Å². The van der Waals surface area contributed by atoms with Crippen molar-refractivity contribution in [1.82, 2.24) is 15.2 Å². The monoisotopic (exact) mass is 719 g/mol. The third kappa shape index (κ3) is 9.71. The highest BCUT2D eigenvalue weighted by atomic mass is 16.5. The lowest BCUT2D eigenvalue weighted by Crippen LogP contribution is -2.40. The van der Waals surface area contributed by atoms with Crippen molar-refractivity contribution < 1.29 is 29.6 Å². The molecule has 278 valence electrons. The molecule has 5 aromatic rings.